The number of hydrogen-bond acceptors (Lipinski definition) is 2. The van der Waals surface area contributed by atoms with Crippen molar-refractivity contribution in [1.29, 1.82) is 0 Å². The first-order chi connectivity index (χ1) is 8.56. The van der Waals surface area contributed by atoms with E-state index in [1.165, 1.54) is 5.56 Å². The van der Waals surface area contributed by atoms with E-state index in [9.17, 15) is 5.11 Å². The fourth-order valence-electron chi connectivity index (χ4n) is 1.62. The topological polar surface area (TPSA) is 32.3 Å². The van der Waals surface area contributed by atoms with Crippen molar-refractivity contribution in [2.45, 2.75) is 13.5 Å². The third-order valence-electron chi connectivity index (χ3n) is 2.62. The third kappa shape index (κ3) is 3.27. The molecule has 2 aromatic rings. The standard InChI is InChI=1S/C14H13Br2NO/c1-9-2-4-13(11(15)6-9)17-8-10-3-5-14(18)12(16)7-10/h2-7,17-18H,8H2,1H3. The van der Waals surface area contributed by atoms with Crippen molar-refractivity contribution < 1.29 is 5.11 Å². The van der Waals surface area contributed by atoms with Gasteiger partial charge in [-0.3, -0.25) is 0 Å². The fraction of sp³-hybridized carbons (Fsp3) is 0.143. The van der Waals surface area contributed by atoms with E-state index in [1.807, 2.05) is 12.1 Å². The number of nitrogens with one attached hydrogen (secondary N) is 1. The molecule has 0 atom stereocenters. The van der Waals surface area contributed by atoms with Gasteiger partial charge in [-0.2, -0.15) is 0 Å². The van der Waals surface area contributed by atoms with Crippen LogP contribution in [0.25, 0.3) is 0 Å². The van der Waals surface area contributed by atoms with Crippen LogP contribution in [0.3, 0.4) is 0 Å². The molecule has 2 N–H and O–H groups in total. The van der Waals surface area contributed by atoms with Gasteiger partial charge in [-0.1, -0.05) is 12.1 Å². The minimum Gasteiger partial charge on any atom is -0.507 e. The molecule has 0 heterocycles. The molecule has 0 fully saturated rings. The zero-order valence-corrected chi connectivity index (χ0v) is 13.0. The molecule has 0 aliphatic carbocycles. The van der Waals surface area contributed by atoms with Crippen molar-refractivity contribution in [3.05, 3.63) is 56.5 Å². The number of rotatable bonds is 3. The lowest BCUT2D eigenvalue weighted by Gasteiger charge is -2.10. The Morgan fingerprint density at radius 1 is 1.06 bits per heavy atom. The molecule has 0 amide bonds. The molecule has 94 valence electrons. The summed E-state index contributed by atoms with van der Waals surface area (Å²) in [4.78, 5) is 0. The summed E-state index contributed by atoms with van der Waals surface area (Å²) in [6, 6.07) is 11.7. The fourth-order valence-corrected chi connectivity index (χ4v) is 2.68. The number of hydrogen-bond donors (Lipinski definition) is 2. The molecular formula is C14H13Br2NO. The molecule has 0 spiro atoms. The predicted octanol–water partition coefficient (Wildman–Crippen LogP) is 4.84. The molecule has 0 bridgehead atoms. The van der Waals surface area contributed by atoms with Crippen LogP contribution in [0.5, 0.6) is 5.75 Å². The normalized spacial score (nSPS) is 10.4. The summed E-state index contributed by atoms with van der Waals surface area (Å²) >= 11 is 6.84. The largest absolute Gasteiger partial charge is 0.507 e. The van der Waals surface area contributed by atoms with Gasteiger partial charge < -0.3 is 10.4 Å². The van der Waals surface area contributed by atoms with Gasteiger partial charge in [-0.05, 0) is 74.2 Å². The Kier molecular flexibility index (Phi) is 4.30. The Morgan fingerprint density at radius 2 is 1.83 bits per heavy atom. The Morgan fingerprint density at radius 3 is 2.50 bits per heavy atom. The molecule has 0 aliphatic heterocycles. The highest BCUT2D eigenvalue weighted by Crippen LogP contribution is 2.26. The highest BCUT2D eigenvalue weighted by atomic mass is 79.9. The average Bonchev–Trinajstić information content (AvgIpc) is 2.32. The molecule has 0 saturated carbocycles. The molecule has 0 saturated heterocycles. The first-order valence-corrected chi connectivity index (χ1v) is 7.12. The first kappa shape index (κ1) is 13.4. The van der Waals surface area contributed by atoms with Crippen LogP contribution in [-0.2, 0) is 6.54 Å². The van der Waals surface area contributed by atoms with E-state index < -0.39 is 0 Å². The molecule has 0 aromatic heterocycles. The quantitative estimate of drug-likeness (QED) is 0.810. The van der Waals surface area contributed by atoms with Crippen molar-refractivity contribution in [3.63, 3.8) is 0 Å². The highest BCUT2D eigenvalue weighted by Gasteiger charge is 2.02. The van der Waals surface area contributed by atoms with Crippen molar-refractivity contribution in [2.75, 3.05) is 5.32 Å². The van der Waals surface area contributed by atoms with E-state index in [-0.39, 0.29) is 5.75 Å². The van der Waals surface area contributed by atoms with Crippen LogP contribution in [0.1, 0.15) is 11.1 Å². The van der Waals surface area contributed by atoms with E-state index in [0.717, 1.165) is 15.7 Å². The molecule has 0 aliphatic rings. The number of phenolic OH excluding ortho intramolecular Hbond substituents is 1. The van der Waals surface area contributed by atoms with Crippen LogP contribution < -0.4 is 5.32 Å². The van der Waals surface area contributed by atoms with Gasteiger partial charge >= 0.3 is 0 Å². The molecule has 2 nitrogen and oxygen atoms in total. The van der Waals surface area contributed by atoms with Crippen LogP contribution in [0.15, 0.2) is 45.3 Å². The molecular weight excluding hydrogens is 358 g/mol. The second-order valence-electron chi connectivity index (χ2n) is 4.12. The summed E-state index contributed by atoms with van der Waals surface area (Å²) in [6.45, 7) is 2.77. The minimum absolute atomic E-state index is 0.260. The number of anilines is 1. The summed E-state index contributed by atoms with van der Waals surface area (Å²) in [6.07, 6.45) is 0. The molecule has 0 radical (unpaired) electrons. The van der Waals surface area contributed by atoms with E-state index in [0.29, 0.717) is 11.0 Å². The highest BCUT2D eigenvalue weighted by molar-refractivity contribution is 9.11. The number of phenols is 1. The lowest BCUT2D eigenvalue weighted by molar-refractivity contribution is 0.471. The Balaban J connectivity index is 2.09. The van der Waals surface area contributed by atoms with Crippen LogP contribution in [0.2, 0.25) is 0 Å². The molecule has 18 heavy (non-hydrogen) atoms. The van der Waals surface area contributed by atoms with Gasteiger partial charge in [-0.15, -0.1) is 0 Å². The summed E-state index contributed by atoms with van der Waals surface area (Å²) in [5, 5.41) is 12.8. The summed E-state index contributed by atoms with van der Waals surface area (Å²) in [5.74, 6) is 0.260. The van der Waals surface area contributed by atoms with E-state index in [4.69, 9.17) is 0 Å². The summed E-state index contributed by atoms with van der Waals surface area (Å²) in [5.41, 5.74) is 3.39. The Hall–Kier alpha value is -1.000. The van der Waals surface area contributed by atoms with Gasteiger partial charge in [0.1, 0.15) is 5.75 Å². The lowest BCUT2D eigenvalue weighted by atomic mass is 10.2. The second-order valence-corrected chi connectivity index (χ2v) is 5.83. The van der Waals surface area contributed by atoms with Gasteiger partial charge in [0.25, 0.3) is 0 Å². The average molecular weight is 371 g/mol. The maximum atomic E-state index is 9.43. The van der Waals surface area contributed by atoms with Gasteiger partial charge in [0.15, 0.2) is 0 Å². The lowest BCUT2D eigenvalue weighted by Crippen LogP contribution is -2.00. The maximum Gasteiger partial charge on any atom is 0.129 e. The van der Waals surface area contributed by atoms with Gasteiger partial charge in [0, 0.05) is 16.7 Å². The number of aryl methyl sites for hydroxylation is 1. The van der Waals surface area contributed by atoms with Crippen LogP contribution >= 0.6 is 31.9 Å². The molecule has 0 unspecified atom stereocenters. The maximum absolute atomic E-state index is 9.43. The van der Waals surface area contributed by atoms with Crippen LogP contribution in [0, 0.1) is 6.92 Å². The van der Waals surface area contributed by atoms with Crippen molar-refractivity contribution in [1.82, 2.24) is 0 Å². The SMILES string of the molecule is Cc1ccc(NCc2ccc(O)c(Br)c2)c(Br)c1. The third-order valence-corrected chi connectivity index (χ3v) is 3.91. The predicted molar refractivity (Wildman–Crippen MR) is 82.0 cm³/mol. The zero-order chi connectivity index (χ0) is 13.1. The van der Waals surface area contributed by atoms with Crippen molar-refractivity contribution in [3.8, 4) is 5.75 Å². The summed E-state index contributed by atoms with van der Waals surface area (Å²) in [7, 11) is 0. The van der Waals surface area contributed by atoms with Gasteiger partial charge in [0.2, 0.25) is 0 Å². The van der Waals surface area contributed by atoms with Crippen LogP contribution in [0.4, 0.5) is 5.69 Å². The smallest absolute Gasteiger partial charge is 0.129 e. The molecule has 2 aromatic carbocycles. The van der Waals surface area contributed by atoms with Gasteiger partial charge in [-0.25, -0.2) is 0 Å². The van der Waals surface area contributed by atoms with E-state index >= 15 is 0 Å². The molecule has 2 rings (SSSR count). The van der Waals surface area contributed by atoms with Gasteiger partial charge in [0.05, 0.1) is 4.47 Å². The Labute approximate surface area is 123 Å². The summed E-state index contributed by atoms with van der Waals surface area (Å²) < 4.78 is 1.77. The number of aromatic hydroxyl groups is 1. The van der Waals surface area contributed by atoms with Crippen molar-refractivity contribution >= 4 is 37.5 Å². The number of benzene rings is 2. The monoisotopic (exact) mass is 369 g/mol. The van der Waals surface area contributed by atoms with Crippen molar-refractivity contribution in [2.24, 2.45) is 0 Å². The minimum atomic E-state index is 0.260. The van der Waals surface area contributed by atoms with E-state index in [1.54, 1.807) is 6.07 Å². The second kappa shape index (κ2) is 5.76. The first-order valence-electron chi connectivity index (χ1n) is 5.53. The zero-order valence-electron chi connectivity index (χ0n) is 9.87. The van der Waals surface area contributed by atoms with Crippen LogP contribution in [-0.4, -0.2) is 5.11 Å². The Bertz CT molecular complexity index is 570. The van der Waals surface area contributed by atoms with E-state index in [2.05, 4.69) is 62.3 Å². The number of halogens is 2. The molecule has 4 heteroatoms.